The zero-order chi connectivity index (χ0) is 9.26. The van der Waals surface area contributed by atoms with E-state index in [9.17, 15) is 4.79 Å². The molecule has 0 fully saturated rings. The van der Waals surface area contributed by atoms with Crippen LogP contribution in [0.25, 0.3) is 11.0 Å². The fraction of sp³-hybridized carbons (Fsp3) is 0.100. The van der Waals surface area contributed by atoms with Crippen LogP contribution in [0.15, 0.2) is 33.2 Å². The van der Waals surface area contributed by atoms with Crippen molar-refractivity contribution in [2.24, 2.45) is 0 Å². The molecule has 66 valence electrons. The van der Waals surface area contributed by atoms with Crippen LogP contribution >= 0.6 is 15.9 Å². The minimum Gasteiger partial charge on any atom is -0.459 e. The lowest BCUT2D eigenvalue weighted by atomic mass is 10.2. The van der Waals surface area contributed by atoms with E-state index in [1.165, 1.54) is 0 Å². The number of halogens is 1. The zero-order valence-electron chi connectivity index (χ0n) is 6.79. The molecule has 0 aliphatic rings. The van der Waals surface area contributed by atoms with Gasteiger partial charge in [-0.05, 0) is 28.1 Å². The number of hydrogen-bond donors (Lipinski definition) is 0. The summed E-state index contributed by atoms with van der Waals surface area (Å²) in [6.07, 6.45) is 1.17. The van der Waals surface area contributed by atoms with Crippen molar-refractivity contribution in [3.05, 3.63) is 34.5 Å². The molecule has 0 saturated carbocycles. The molecule has 0 N–H and O–H groups in total. The van der Waals surface area contributed by atoms with Crippen molar-refractivity contribution < 1.29 is 9.21 Å². The second-order valence-electron chi connectivity index (χ2n) is 2.74. The van der Waals surface area contributed by atoms with Gasteiger partial charge in [0.25, 0.3) is 0 Å². The van der Waals surface area contributed by atoms with Gasteiger partial charge < -0.3 is 9.21 Å². The maximum Gasteiger partial charge on any atom is 0.148 e. The van der Waals surface area contributed by atoms with Gasteiger partial charge >= 0.3 is 0 Å². The first-order valence-electron chi connectivity index (χ1n) is 3.92. The van der Waals surface area contributed by atoms with Gasteiger partial charge in [-0.3, -0.25) is 0 Å². The number of benzene rings is 1. The van der Waals surface area contributed by atoms with Gasteiger partial charge in [-0.2, -0.15) is 0 Å². The normalized spacial score (nSPS) is 10.5. The summed E-state index contributed by atoms with van der Waals surface area (Å²) < 4.78 is 6.38. The Morgan fingerprint density at radius 2 is 2.31 bits per heavy atom. The van der Waals surface area contributed by atoms with Crippen molar-refractivity contribution in [1.82, 2.24) is 0 Å². The standard InChI is InChI=1S/C10H7BrO2/c11-9-3-1-2-7-6-8(4-5-12)13-10(7)9/h1-3,5-6H,4H2. The molecule has 0 bridgehead atoms. The fourth-order valence-corrected chi connectivity index (χ4v) is 1.73. The second kappa shape index (κ2) is 3.34. The number of aldehydes is 1. The Balaban J connectivity index is 2.61. The smallest absolute Gasteiger partial charge is 0.148 e. The van der Waals surface area contributed by atoms with E-state index in [1.807, 2.05) is 24.3 Å². The minimum absolute atomic E-state index is 0.334. The summed E-state index contributed by atoms with van der Waals surface area (Å²) in [7, 11) is 0. The SMILES string of the molecule is O=CCc1cc2cccc(Br)c2o1. The molecule has 0 atom stereocenters. The Hall–Kier alpha value is -1.09. The van der Waals surface area contributed by atoms with Crippen molar-refractivity contribution in [3.8, 4) is 0 Å². The average molecular weight is 239 g/mol. The first kappa shape index (κ1) is 8.51. The number of carbonyl (C=O) groups excluding carboxylic acids is 1. The highest BCUT2D eigenvalue weighted by Crippen LogP contribution is 2.26. The van der Waals surface area contributed by atoms with E-state index < -0.39 is 0 Å². The third-order valence-corrected chi connectivity index (χ3v) is 2.46. The zero-order valence-corrected chi connectivity index (χ0v) is 8.37. The Morgan fingerprint density at radius 1 is 1.46 bits per heavy atom. The van der Waals surface area contributed by atoms with Crippen molar-refractivity contribution >= 4 is 33.2 Å². The Kier molecular flexibility index (Phi) is 2.19. The summed E-state index contributed by atoms with van der Waals surface area (Å²) in [5, 5.41) is 1.02. The van der Waals surface area contributed by atoms with Crippen LogP contribution in [0.3, 0.4) is 0 Å². The van der Waals surface area contributed by atoms with E-state index in [0.29, 0.717) is 12.2 Å². The average Bonchev–Trinajstić information content (AvgIpc) is 2.49. The molecule has 0 aliphatic carbocycles. The lowest BCUT2D eigenvalue weighted by Crippen LogP contribution is -1.78. The van der Waals surface area contributed by atoms with Gasteiger partial charge in [0.05, 0.1) is 10.9 Å². The molecule has 1 heterocycles. The molecular formula is C10H7BrO2. The van der Waals surface area contributed by atoms with Gasteiger partial charge in [0.15, 0.2) is 0 Å². The fourth-order valence-electron chi connectivity index (χ4n) is 1.26. The number of hydrogen-bond acceptors (Lipinski definition) is 2. The van der Waals surface area contributed by atoms with Gasteiger partial charge in [0.1, 0.15) is 17.6 Å². The maximum absolute atomic E-state index is 10.3. The lowest BCUT2D eigenvalue weighted by Gasteiger charge is -1.89. The third kappa shape index (κ3) is 1.52. The van der Waals surface area contributed by atoms with E-state index in [-0.39, 0.29) is 0 Å². The molecule has 2 aromatic rings. The highest BCUT2D eigenvalue weighted by Gasteiger charge is 2.05. The largest absolute Gasteiger partial charge is 0.459 e. The van der Waals surface area contributed by atoms with Crippen molar-refractivity contribution in [1.29, 1.82) is 0 Å². The van der Waals surface area contributed by atoms with Gasteiger partial charge in [-0.1, -0.05) is 12.1 Å². The van der Waals surface area contributed by atoms with E-state index in [4.69, 9.17) is 4.42 Å². The number of fused-ring (bicyclic) bond motifs is 1. The highest BCUT2D eigenvalue weighted by atomic mass is 79.9. The van der Waals surface area contributed by atoms with Gasteiger partial charge in [0, 0.05) is 5.39 Å². The van der Waals surface area contributed by atoms with Crippen LogP contribution in [0, 0.1) is 0 Å². The second-order valence-corrected chi connectivity index (χ2v) is 3.60. The van der Waals surface area contributed by atoms with E-state index >= 15 is 0 Å². The summed E-state index contributed by atoms with van der Waals surface area (Å²) >= 11 is 3.38. The molecule has 0 unspecified atom stereocenters. The van der Waals surface area contributed by atoms with Crippen LogP contribution in [0.2, 0.25) is 0 Å². The van der Waals surface area contributed by atoms with Gasteiger partial charge in [-0.25, -0.2) is 0 Å². The summed E-state index contributed by atoms with van der Waals surface area (Å²) in [5.74, 6) is 0.705. The van der Waals surface area contributed by atoms with Crippen molar-refractivity contribution in [2.75, 3.05) is 0 Å². The predicted octanol–water partition coefficient (Wildman–Crippen LogP) is 2.94. The summed E-state index contributed by atoms with van der Waals surface area (Å²) in [5.41, 5.74) is 0.805. The monoisotopic (exact) mass is 238 g/mol. The van der Waals surface area contributed by atoms with Crippen LogP contribution < -0.4 is 0 Å². The maximum atomic E-state index is 10.3. The van der Waals surface area contributed by atoms with Crippen LogP contribution in [-0.2, 0) is 11.2 Å². The predicted molar refractivity (Wildman–Crippen MR) is 53.7 cm³/mol. The molecule has 1 aromatic carbocycles. The van der Waals surface area contributed by atoms with Crippen molar-refractivity contribution in [3.63, 3.8) is 0 Å². The van der Waals surface area contributed by atoms with Gasteiger partial charge in [0.2, 0.25) is 0 Å². The molecule has 0 radical (unpaired) electrons. The van der Waals surface area contributed by atoms with Gasteiger partial charge in [-0.15, -0.1) is 0 Å². The van der Waals surface area contributed by atoms with Crippen molar-refractivity contribution in [2.45, 2.75) is 6.42 Å². The molecule has 13 heavy (non-hydrogen) atoms. The van der Waals surface area contributed by atoms with E-state index in [0.717, 1.165) is 21.7 Å². The number of furan rings is 1. The van der Waals surface area contributed by atoms with Crippen LogP contribution in [0.5, 0.6) is 0 Å². The van der Waals surface area contributed by atoms with E-state index in [1.54, 1.807) is 0 Å². The molecule has 2 nitrogen and oxygen atoms in total. The lowest BCUT2D eigenvalue weighted by molar-refractivity contribution is -0.107. The first-order chi connectivity index (χ1) is 6.31. The topological polar surface area (TPSA) is 30.2 Å². The number of para-hydroxylation sites is 1. The first-order valence-corrected chi connectivity index (χ1v) is 4.71. The molecule has 0 saturated heterocycles. The third-order valence-electron chi connectivity index (χ3n) is 1.83. The molecule has 0 aliphatic heterocycles. The molecular weight excluding hydrogens is 232 g/mol. The number of rotatable bonds is 2. The van der Waals surface area contributed by atoms with Crippen LogP contribution in [0.1, 0.15) is 5.76 Å². The molecule has 0 amide bonds. The molecule has 0 spiro atoms. The quantitative estimate of drug-likeness (QED) is 0.754. The summed E-state index contributed by atoms with van der Waals surface area (Å²) in [6, 6.07) is 7.69. The molecule has 2 rings (SSSR count). The summed E-state index contributed by atoms with van der Waals surface area (Å²) in [6.45, 7) is 0. The Morgan fingerprint density at radius 3 is 3.00 bits per heavy atom. The molecule has 3 heteroatoms. The Bertz CT molecular complexity index is 445. The van der Waals surface area contributed by atoms with Crippen LogP contribution in [-0.4, -0.2) is 6.29 Å². The number of carbonyl (C=O) groups is 1. The minimum atomic E-state index is 0.334. The summed E-state index contributed by atoms with van der Waals surface area (Å²) in [4.78, 5) is 10.3. The van der Waals surface area contributed by atoms with E-state index in [2.05, 4.69) is 15.9 Å². The molecule has 1 aromatic heterocycles. The van der Waals surface area contributed by atoms with Crippen LogP contribution in [0.4, 0.5) is 0 Å². The Labute approximate surface area is 83.7 Å². The highest BCUT2D eigenvalue weighted by molar-refractivity contribution is 9.10.